The summed E-state index contributed by atoms with van der Waals surface area (Å²) in [6.07, 6.45) is 4.16. The van der Waals surface area contributed by atoms with Crippen LogP contribution in [0.4, 0.5) is 0 Å². The molecule has 0 spiro atoms. The Morgan fingerprint density at radius 3 is 2.83 bits per heavy atom. The van der Waals surface area contributed by atoms with Crippen LogP contribution in [0.5, 0.6) is 0 Å². The number of aliphatic hydroxyl groups is 1. The zero-order valence-corrected chi connectivity index (χ0v) is 10.9. The molecule has 0 aromatic rings. The number of carbonyl (C=O) groups excluding carboxylic acids is 1. The van der Waals surface area contributed by atoms with Gasteiger partial charge >= 0.3 is 5.97 Å². The maximum absolute atomic E-state index is 11.7. The molecule has 3 aliphatic rings. The normalized spacial score (nSPS) is 47.6. The van der Waals surface area contributed by atoms with Crippen molar-refractivity contribution in [3.8, 4) is 0 Å². The van der Waals surface area contributed by atoms with Crippen LogP contribution < -0.4 is 0 Å². The molecule has 3 rings (SSSR count). The second-order valence-electron chi connectivity index (χ2n) is 6.28. The van der Waals surface area contributed by atoms with Crippen molar-refractivity contribution in [3.63, 3.8) is 0 Å². The first-order chi connectivity index (χ1) is 8.40. The molecule has 0 bridgehead atoms. The van der Waals surface area contributed by atoms with E-state index in [1.165, 1.54) is 0 Å². The molecule has 0 aromatic heterocycles. The van der Waals surface area contributed by atoms with E-state index in [-0.39, 0.29) is 17.3 Å². The van der Waals surface area contributed by atoms with Crippen molar-refractivity contribution >= 4 is 5.97 Å². The Bertz CT molecular complexity index is 453. The van der Waals surface area contributed by atoms with Crippen molar-refractivity contribution in [2.24, 2.45) is 11.3 Å². The predicted octanol–water partition coefficient (Wildman–Crippen LogP) is 2.36. The average molecular weight is 248 g/mol. The monoisotopic (exact) mass is 248 g/mol. The highest BCUT2D eigenvalue weighted by atomic mass is 16.6. The maximum atomic E-state index is 11.7. The lowest BCUT2D eigenvalue weighted by Crippen LogP contribution is -2.62. The van der Waals surface area contributed by atoms with Gasteiger partial charge in [-0.25, -0.2) is 4.79 Å². The molecule has 1 N–H and O–H groups in total. The minimum absolute atomic E-state index is 0.0366. The van der Waals surface area contributed by atoms with Crippen LogP contribution in [0.25, 0.3) is 0 Å². The summed E-state index contributed by atoms with van der Waals surface area (Å²) in [4.78, 5) is 11.7. The fourth-order valence-corrected chi connectivity index (χ4v) is 4.14. The number of hydrogen-bond donors (Lipinski definition) is 1. The molecule has 2 saturated carbocycles. The van der Waals surface area contributed by atoms with Gasteiger partial charge in [-0.05, 0) is 37.7 Å². The van der Waals surface area contributed by atoms with Gasteiger partial charge in [-0.15, -0.1) is 0 Å². The van der Waals surface area contributed by atoms with Crippen LogP contribution >= 0.6 is 0 Å². The summed E-state index contributed by atoms with van der Waals surface area (Å²) in [5, 5.41) is 11.2. The third-order valence-corrected chi connectivity index (χ3v) is 5.39. The van der Waals surface area contributed by atoms with Gasteiger partial charge in [0.05, 0.1) is 0 Å². The smallest absolute Gasteiger partial charge is 0.334 e. The van der Waals surface area contributed by atoms with Gasteiger partial charge < -0.3 is 9.84 Å². The summed E-state index contributed by atoms with van der Waals surface area (Å²) in [5.41, 5.74) is 0.0693. The Morgan fingerprint density at radius 2 is 2.11 bits per heavy atom. The third-order valence-electron chi connectivity index (χ3n) is 5.39. The van der Waals surface area contributed by atoms with Crippen molar-refractivity contribution in [3.05, 3.63) is 24.3 Å². The molecule has 98 valence electrons. The first-order valence-corrected chi connectivity index (χ1v) is 6.70. The van der Waals surface area contributed by atoms with Crippen molar-refractivity contribution in [2.45, 2.75) is 50.7 Å². The van der Waals surface area contributed by atoms with Crippen LogP contribution in [-0.4, -0.2) is 22.8 Å². The molecule has 1 aliphatic heterocycles. The Hall–Kier alpha value is -1.09. The lowest BCUT2D eigenvalue weighted by Gasteiger charge is -2.56. The SMILES string of the molecule is C=C1C(=O)O[C@H]2[C@H]1CC[C@@]1(C)CCCC(=C)[C@]21O. The number of rotatable bonds is 0. The highest BCUT2D eigenvalue weighted by Gasteiger charge is 2.64. The summed E-state index contributed by atoms with van der Waals surface area (Å²) in [5.74, 6) is -0.383. The molecule has 0 amide bonds. The third kappa shape index (κ3) is 1.21. The van der Waals surface area contributed by atoms with Crippen LogP contribution in [0, 0.1) is 11.3 Å². The minimum atomic E-state index is -1.07. The van der Waals surface area contributed by atoms with Crippen LogP contribution in [0.3, 0.4) is 0 Å². The molecular weight excluding hydrogens is 228 g/mol. The van der Waals surface area contributed by atoms with E-state index in [0.717, 1.165) is 37.7 Å². The van der Waals surface area contributed by atoms with E-state index in [0.29, 0.717) is 5.57 Å². The molecule has 3 heteroatoms. The minimum Gasteiger partial charge on any atom is -0.455 e. The van der Waals surface area contributed by atoms with E-state index < -0.39 is 11.7 Å². The summed E-state index contributed by atoms with van der Waals surface area (Å²) in [7, 11) is 0. The summed E-state index contributed by atoms with van der Waals surface area (Å²) < 4.78 is 5.44. The van der Waals surface area contributed by atoms with Gasteiger partial charge in [-0.1, -0.05) is 20.1 Å². The molecule has 0 radical (unpaired) electrons. The molecule has 4 atom stereocenters. The van der Waals surface area contributed by atoms with Crippen LogP contribution in [0.1, 0.15) is 39.0 Å². The Balaban J connectivity index is 2.08. The largest absolute Gasteiger partial charge is 0.455 e. The lowest BCUT2D eigenvalue weighted by atomic mass is 9.52. The molecule has 0 unspecified atom stereocenters. The van der Waals surface area contributed by atoms with Crippen molar-refractivity contribution < 1.29 is 14.6 Å². The number of fused-ring (bicyclic) bond motifs is 3. The van der Waals surface area contributed by atoms with Crippen molar-refractivity contribution in [1.29, 1.82) is 0 Å². The second-order valence-corrected chi connectivity index (χ2v) is 6.28. The van der Waals surface area contributed by atoms with E-state index in [9.17, 15) is 9.90 Å². The summed E-state index contributed by atoms with van der Waals surface area (Å²) in [6.45, 7) is 9.98. The van der Waals surface area contributed by atoms with E-state index in [1.807, 2.05) is 0 Å². The first-order valence-electron chi connectivity index (χ1n) is 6.70. The van der Waals surface area contributed by atoms with Gasteiger partial charge in [0, 0.05) is 16.9 Å². The van der Waals surface area contributed by atoms with Crippen LogP contribution in [0.2, 0.25) is 0 Å². The number of esters is 1. The molecule has 1 heterocycles. The van der Waals surface area contributed by atoms with Crippen molar-refractivity contribution in [2.75, 3.05) is 0 Å². The topological polar surface area (TPSA) is 46.5 Å². The fourth-order valence-electron chi connectivity index (χ4n) is 4.14. The fraction of sp³-hybridized carbons (Fsp3) is 0.667. The van der Waals surface area contributed by atoms with Gasteiger partial charge in [0.25, 0.3) is 0 Å². The number of hydrogen-bond acceptors (Lipinski definition) is 3. The van der Waals surface area contributed by atoms with Gasteiger partial charge in [0.2, 0.25) is 0 Å². The van der Waals surface area contributed by atoms with E-state index in [2.05, 4.69) is 20.1 Å². The number of ether oxygens (including phenoxy) is 1. The standard InChI is InChI=1S/C15H20O3/c1-9-5-4-7-14(3)8-6-11-10(2)13(16)18-12(11)15(9,14)17/h11-12,17H,1-2,4-8H2,3H3/t11-,12-,14+,15-/m0/s1. The van der Waals surface area contributed by atoms with E-state index in [1.54, 1.807) is 0 Å². The van der Waals surface area contributed by atoms with Crippen LogP contribution in [0.15, 0.2) is 24.3 Å². The Kier molecular flexibility index (Phi) is 2.31. The highest BCUT2D eigenvalue weighted by Crippen LogP contribution is 2.59. The van der Waals surface area contributed by atoms with E-state index in [4.69, 9.17) is 4.74 Å². The predicted molar refractivity (Wildman–Crippen MR) is 67.8 cm³/mol. The Morgan fingerprint density at radius 1 is 1.39 bits per heavy atom. The molecule has 1 saturated heterocycles. The summed E-state index contributed by atoms with van der Waals surface area (Å²) in [6, 6.07) is 0. The lowest BCUT2D eigenvalue weighted by molar-refractivity contribution is -0.187. The molecule has 3 fully saturated rings. The Labute approximate surface area is 108 Å². The molecule has 18 heavy (non-hydrogen) atoms. The molecule has 3 nitrogen and oxygen atoms in total. The quantitative estimate of drug-likeness (QED) is 0.406. The zero-order chi connectivity index (χ0) is 13.1. The van der Waals surface area contributed by atoms with Crippen molar-refractivity contribution in [1.82, 2.24) is 0 Å². The van der Waals surface area contributed by atoms with Gasteiger partial charge in [0.15, 0.2) is 0 Å². The molecular formula is C15H20O3. The van der Waals surface area contributed by atoms with Gasteiger partial charge in [0.1, 0.15) is 11.7 Å². The van der Waals surface area contributed by atoms with Gasteiger partial charge in [-0.3, -0.25) is 0 Å². The molecule has 2 aliphatic carbocycles. The highest BCUT2D eigenvalue weighted by molar-refractivity contribution is 5.91. The summed E-state index contributed by atoms with van der Waals surface area (Å²) >= 11 is 0. The number of carbonyl (C=O) groups is 1. The zero-order valence-electron chi connectivity index (χ0n) is 10.9. The second kappa shape index (κ2) is 3.47. The molecule has 0 aromatic carbocycles. The average Bonchev–Trinajstić information content (AvgIpc) is 2.61. The van der Waals surface area contributed by atoms with Gasteiger partial charge in [-0.2, -0.15) is 0 Å². The van der Waals surface area contributed by atoms with Crippen LogP contribution in [-0.2, 0) is 9.53 Å². The maximum Gasteiger partial charge on any atom is 0.334 e. The first kappa shape index (κ1) is 12.0. The van der Waals surface area contributed by atoms with E-state index >= 15 is 0 Å².